The number of rotatable bonds is 4. The van der Waals surface area contributed by atoms with Crippen molar-refractivity contribution in [2.24, 2.45) is 4.99 Å². The number of aliphatic imine (C=N–C) groups is 1. The van der Waals surface area contributed by atoms with Crippen molar-refractivity contribution in [2.75, 3.05) is 6.61 Å². The maximum Gasteiger partial charge on any atom is 0.170 e. The lowest BCUT2D eigenvalue weighted by atomic mass is 9.99. The Morgan fingerprint density at radius 3 is 2.93 bits per heavy atom. The lowest BCUT2D eigenvalue weighted by Crippen LogP contribution is -2.20. The predicted octanol–water partition coefficient (Wildman–Crippen LogP) is 5.04. The Kier molecular flexibility index (Phi) is 4.72. The summed E-state index contributed by atoms with van der Waals surface area (Å²) in [7, 11) is 0. The molecule has 5 nitrogen and oxygen atoms in total. The van der Waals surface area contributed by atoms with Crippen molar-refractivity contribution in [3.63, 3.8) is 0 Å². The number of nitrogens with zero attached hydrogens (tertiary/aromatic N) is 3. The number of aryl methyl sites for hydroxylation is 1. The molecular formula is C19H13ClFN3O2S. The van der Waals surface area contributed by atoms with E-state index < -0.39 is 5.82 Å². The first-order chi connectivity index (χ1) is 13.0. The second kappa shape index (κ2) is 7.17. The van der Waals surface area contributed by atoms with Crippen LogP contribution in [-0.2, 0) is 0 Å². The topological polar surface area (TPSA) is 64.4 Å². The average molecular weight is 402 g/mol. The fourth-order valence-electron chi connectivity index (χ4n) is 2.75. The Bertz CT molecular complexity index is 1080. The van der Waals surface area contributed by atoms with E-state index in [1.165, 1.54) is 29.5 Å². The summed E-state index contributed by atoms with van der Waals surface area (Å²) < 4.78 is 18.9. The van der Waals surface area contributed by atoms with Crippen LogP contribution in [0.5, 0.6) is 5.75 Å². The molecule has 3 aromatic rings. The summed E-state index contributed by atoms with van der Waals surface area (Å²) in [5, 5.41) is 2.78. The molecule has 0 unspecified atom stereocenters. The number of hydrogen-bond donors (Lipinski definition) is 0. The predicted molar refractivity (Wildman–Crippen MR) is 103 cm³/mol. The molecular weight excluding hydrogens is 389 g/mol. The standard InChI is InChI=1S/C19H13ClFN3O2S/c1-10-23-16(9-27-10)19-18-13(4-5-22-19)17(25)6-11(24-18)8-26-12-2-3-15(21)14(20)7-12/h2-5,7,9H,6,8H2,1H3. The van der Waals surface area contributed by atoms with Gasteiger partial charge < -0.3 is 4.74 Å². The first kappa shape index (κ1) is 17.8. The third kappa shape index (κ3) is 3.61. The zero-order valence-electron chi connectivity index (χ0n) is 14.2. The molecule has 8 heteroatoms. The van der Waals surface area contributed by atoms with E-state index in [0.717, 1.165) is 5.01 Å². The van der Waals surface area contributed by atoms with Gasteiger partial charge >= 0.3 is 0 Å². The number of hydrogen-bond acceptors (Lipinski definition) is 6. The number of ketones is 1. The summed E-state index contributed by atoms with van der Waals surface area (Å²) in [6.07, 6.45) is 1.75. The summed E-state index contributed by atoms with van der Waals surface area (Å²) >= 11 is 7.27. The summed E-state index contributed by atoms with van der Waals surface area (Å²) in [6, 6.07) is 5.77. The average Bonchev–Trinajstić information content (AvgIpc) is 3.08. The molecule has 1 aromatic carbocycles. The van der Waals surface area contributed by atoms with Gasteiger partial charge in [-0.3, -0.25) is 14.8 Å². The molecule has 0 aliphatic carbocycles. The number of benzene rings is 1. The maximum absolute atomic E-state index is 13.2. The number of ether oxygens (including phenoxy) is 1. The summed E-state index contributed by atoms with van der Waals surface area (Å²) in [5.74, 6) is -0.160. The molecule has 0 radical (unpaired) electrons. The van der Waals surface area contributed by atoms with Crippen LogP contribution in [0.3, 0.4) is 0 Å². The van der Waals surface area contributed by atoms with Crippen LogP contribution in [0.15, 0.2) is 40.8 Å². The van der Waals surface area contributed by atoms with E-state index in [0.29, 0.717) is 34.1 Å². The number of halogens is 2. The van der Waals surface area contributed by atoms with Crippen molar-refractivity contribution >= 4 is 40.1 Å². The number of Topliss-reactive ketones (excluding diaryl/α,β-unsaturated/α-hetero) is 1. The van der Waals surface area contributed by atoms with Crippen molar-refractivity contribution in [1.29, 1.82) is 0 Å². The second-order valence-corrected chi connectivity index (χ2v) is 7.42. The van der Waals surface area contributed by atoms with Crippen LogP contribution in [0.4, 0.5) is 10.1 Å². The molecule has 1 aliphatic heterocycles. The fraction of sp³-hybridized carbons (Fsp3) is 0.158. The maximum atomic E-state index is 13.2. The molecule has 136 valence electrons. The number of carbonyl (C=O) groups excluding carboxylic acids is 1. The lowest BCUT2D eigenvalue weighted by Gasteiger charge is -2.17. The van der Waals surface area contributed by atoms with Crippen LogP contribution in [0.2, 0.25) is 5.02 Å². The highest BCUT2D eigenvalue weighted by Crippen LogP contribution is 2.35. The van der Waals surface area contributed by atoms with E-state index in [2.05, 4.69) is 15.0 Å². The van der Waals surface area contributed by atoms with Gasteiger partial charge in [0.05, 0.1) is 22.2 Å². The molecule has 3 heterocycles. The van der Waals surface area contributed by atoms with Gasteiger partial charge in [0, 0.05) is 23.2 Å². The van der Waals surface area contributed by atoms with Gasteiger partial charge in [-0.15, -0.1) is 11.3 Å². The molecule has 0 bridgehead atoms. The van der Waals surface area contributed by atoms with Crippen LogP contribution < -0.4 is 4.74 Å². The number of carbonyl (C=O) groups is 1. The molecule has 27 heavy (non-hydrogen) atoms. The third-order valence-electron chi connectivity index (χ3n) is 4.02. The largest absolute Gasteiger partial charge is 0.488 e. The Morgan fingerprint density at radius 2 is 2.19 bits per heavy atom. The molecule has 2 aromatic heterocycles. The zero-order chi connectivity index (χ0) is 19.0. The van der Waals surface area contributed by atoms with E-state index in [9.17, 15) is 9.18 Å². The minimum atomic E-state index is -0.516. The van der Waals surface area contributed by atoms with E-state index in [1.807, 2.05) is 12.3 Å². The van der Waals surface area contributed by atoms with Gasteiger partial charge in [0.2, 0.25) is 0 Å². The molecule has 0 saturated heterocycles. The molecule has 1 aliphatic rings. The molecule has 0 spiro atoms. The zero-order valence-corrected chi connectivity index (χ0v) is 15.8. The van der Waals surface area contributed by atoms with Crippen LogP contribution in [-0.4, -0.2) is 28.1 Å². The van der Waals surface area contributed by atoms with Crippen molar-refractivity contribution < 1.29 is 13.9 Å². The first-order valence-electron chi connectivity index (χ1n) is 8.10. The van der Waals surface area contributed by atoms with E-state index in [4.69, 9.17) is 16.3 Å². The van der Waals surface area contributed by atoms with Crippen LogP contribution in [0, 0.1) is 12.7 Å². The monoisotopic (exact) mass is 401 g/mol. The number of aromatic nitrogens is 2. The van der Waals surface area contributed by atoms with Crippen molar-refractivity contribution in [2.45, 2.75) is 13.3 Å². The summed E-state index contributed by atoms with van der Waals surface area (Å²) in [4.78, 5) is 26.0. The molecule has 0 amide bonds. The minimum absolute atomic E-state index is 0.0232. The van der Waals surface area contributed by atoms with Gasteiger partial charge in [-0.05, 0) is 25.1 Å². The highest BCUT2D eigenvalue weighted by molar-refractivity contribution is 7.09. The molecule has 0 atom stereocenters. The Labute approximate surface area is 163 Å². The van der Waals surface area contributed by atoms with E-state index >= 15 is 0 Å². The Morgan fingerprint density at radius 1 is 1.33 bits per heavy atom. The van der Waals surface area contributed by atoms with E-state index in [-0.39, 0.29) is 23.8 Å². The van der Waals surface area contributed by atoms with Gasteiger partial charge in [-0.25, -0.2) is 9.37 Å². The number of fused-ring (bicyclic) bond motifs is 1. The summed E-state index contributed by atoms with van der Waals surface area (Å²) in [6.45, 7) is 2.00. The third-order valence-corrected chi connectivity index (χ3v) is 5.08. The van der Waals surface area contributed by atoms with Gasteiger partial charge in [0.25, 0.3) is 0 Å². The van der Waals surface area contributed by atoms with Crippen LogP contribution in [0.25, 0.3) is 11.4 Å². The normalized spacial score (nSPS) is 13.3. The van der Waals surface area contributed by atoms with Gasteiger partial charge in [-0.2, -0.15) is 0 Å². The Hall–Kier alpha value is -2.64. The molecule has 4 rings (SSSR count). The second-order valence-electron chi connectivity index (χ2n) is 5.95. The summed E-state index contributed by atoms with van der Waals surface area (Å²) in [5.41, 5.74) is 2.87. The SMILES string of the molecule is Cc1nc(-c2nccc3c2N=C(COc2ccc(F)c(Cl)c2)CC3=O)cs1. The first-order valence-corrected chi connectivity index (χ1v) is 9.36. The van der Waals surface area contributed by atoms with Crippen molar-refractivity contribution in [1.82, 2.24) is 9.97 Å². The van der Waals surface area contributed by atoms with Gasteiger partial charge in [0.1, 0.15) is 35.2 Å². The highest BCUT2D eigenvalue weighted by Gasteiger charge is 2.24. The van der Waals surface area contributed by atoms with Crippen molar-refractivity contribution in [3.8, 4) is 17.1 Å². The van der Waals surface area contributed by atoms with Crippen LogP contribution in [0.1, 0.15) is 21.8 Å². The smallest absolute Gasteiger partial charge is 0.170 e. The minimum Gasteiger partial charge on any atom is -0.488 e. The quantitative estimate of drug-likeness (QED) is 0.614. The number of pyridine rings is 1. The Balaban J connectivity index is 1.64. The fourth-order valence-corrected chi connectivity index (χ4v) is 3.51. The van der Waals surface area contributed by atoms with Crippen LogP contribution >= 0.6 is 22.9 Å². The molecule has 0 N–H and O–H groups in total. The van der Waals surface area contributed by atoms with Gasteiger partial charge in [0.15, 0.2) is 5.78 Å². The van der Waals surface area contributed by atoms with E-state index in [1.54, 1.807) is 12.3 Å². The highest BCUT2D eigenvalue weighted by atomic mass is 35.5. The lowest BCUT2D eigenvalue weighted by molar-refractivity contribution is 0.0998. The molecule has 0 fully saturated rings. The van der Waals surface area contributed by atoms with Crippen molar-refractivity contribution in [3.05, 3.63) is 57.3 Å². The number of thiazole rings is 1. The van der Waals surface area contributed by atoms with Gasteiger partial charge in [-0.1, -0.05) is 11.6 Å². The molecule has 0 saturated carbocycles.